The number of carbonyl (C=O) groups excluding carboxylic acids is 1. The molecular formula is C11H11ClN2OS2. The van der Waals surface area contributed by atoms with Gasteiger partial charge in [-0.25, -0.2) is 4.98 Å². The number of carbonyl (C=O) groups is 1. The fourth-order valence-electron chi connectivity index (χ4n) is 1.41. The molecule has 1 atom stereocenters. The van der Waals surface area contributed by atoms with Crippen molar-refractivity contribution >= 4 is 45.7 Å². The molecule has 2 aromatic rings. The van der Waals surface area contributed by atoms with Gasteiger partial charge in [-0.1, -0.05) is 29.0 Å². The zero-order valence-corrected chi connectivity index (χ0v) is 11.8. The van der Waals surface area contributed by atoms with Crippen molar-refractivity contribution in [2.24, 2.45) is 0 Å². The second kappa shape index (κ2) is 5.16. The van der Waals surface area contributed by atoms with Gasteiger partial charge in [0.25, 0.3) is 0 Å². The number of rotatable bonds is 4. The van der Waals surface area contributed by atoms with Gasteiger partial charge >= 0.3 is 0 Å². The predicted molar refractivity (Wildman–Crippen MR) is 73.6 cm³/mol. The van der Waals surface area contributed by atoms with Crippen molar-refractivity contribution in [1.29, 1.82) is 0 Å². The third-order valence-corrected chi connectivity index (χ3v) is 5.06. The summed E-state index contributed by atoms with van der Waals surface area (Å²) in [5, 5.41) is 3.09. The number of halogens is 1. The molecule has 0 aliphatic rings. The van der Waals surface area contributed by atoms with Crippen LogP contribution >= 0.6 is 34.3 Å². The highest BCUT2D eigenvalue weighted by Gasteiger charge is 2.18. The van der Waals surface area contributed by atoms with Crippen LogP contribution in [0.2, 0.25) is 5.15 Å². The van der Waals surface area contributed by atoms with Crippen LogP contribution in [0, 0.1) is 0 Å². The van der Waals surface area contributed by atoms with Gasteiger partial charge in [-0.15, -0.1) is 11.3 Å². The van der Waals surface area contributed by atoms with Crippen molar-refractivity contribution in [3.05, 3.63) is 32.4 Å². The molecule has 17 heavy (non-hydrogen) atoms. The van der Waals surface area contributed by atoms with Crippen LogP contribution in [0.15, 0.2) is 17.5 Å². The molecule has 0 aromatic carbocycles. The largest absolute Gasteiger partial charge is 0.344 e. The van der Waals surface area contributed by atoms with Gasteiger partial charge in [0.1, 0.15) is 4.88 Å². The lowest BCUT2D eigenvalue weighted by Gasteiger charge is -2.23. The Morgan fingerprint density at radius 1 is 1.59 bits per heavy atom. The first-order valence-corrected chi connectivity index (χ1v) is 7.08. The number of hydrogen-bond donors (Lipinski definition) is 0. The highest BCUT2D eigenvalue weighted by Crippen LogP contribution is 2.33. The molecule has 0 spiro atoms. The second-order valence-electron chi connectivity index (χ2n) is 3.57. The maximum atomic E-state index is 10.7. The van der Waals surface area contributed by atoms with Crippen LogP contribution in [0.1, 0.15) is 27.5 Å². The normalized spacial score (nSPS) is 12.4. The first kappa shape index (κ1) is 12.5. The maximum Gasteiger partial charge on any atom is 0.187 e. The molecule has 3 nitrogen and oxygen atoms in total. The summed E-state index contributed by atoms with van der Waals surface area (Å²) in [4.78, 5) is 18.7. The molecule has 0 aliphatic heterocycles. The molecular weight excluding hydrogens is 276 g/mol. The standard InChI is InChI=1S/C11H11ClN2OS2/c1-7(8-4-3-5-16-8)14(2)11-13-10(12)9(6-15)17-11/h3-7H,1-2H3. The lowest BCUT2D eigenvalue weighted by molar-refractivity contribution is 0.112. The lowest BCUT2D eigenvalue weighted by atomic mass is 10.2. The van der Waals surface area contributed by atoms with Crippen LogP contribution in [-0.4, -0.2) is 18.3 Å². The van der Waals surface area contributed by atoms with Crippen LogP contribution in [-0.2, 0) is 0 Å². The summed E-state index contributed by atoms with van der Waals surface area (Å²) in [6.45, 7) is 2.10. The summed E-state index contributed by atoms with van der Waals surface area (Å²) in [7, 11) is 1.95. The predicted octanol–water partition coefficient (Wildman–Crippen LogP) is 3.87. The summed E-state index contributed by atoms with van der Waals surface area (Å²) < 4.78 is 0. The van der Waals surface area contributed by atoms with E-state index in [1.165, 1.54) is 16.2 Å². The topological polar surface area (TPSA) is 33.2 Å². The van der Waals surface area contributed by atoms with Crippen molar-refractivity contribution in [3.63, 3.8) is 0 Å². The van der Waals surface area contributed by atoms with E-state index in [1.807, 2.05) is 23.4 Å². The average molecular weight is 287 g/mol. The van der Waals surface area contributed by atoms with Crippen molar-refractivity contribution in [1.82, 2.24) is 4.98 Å². The summed E-state index contributed by atoms with van der Waals surface area (Å²) in [5.41, 5.74) is 0. The van der Waals surface area contributed by atoms with Crippen LogP contribution in [0.25, 0.3) is 0 Å². The molecule has 0 bridgehead atoms. The van der Waals surface area contributed by atoms with Crippen molar-refractivity contribution in [2.45, 2.75) is 13.0 Å². The second-order valence-corrected chi connectivity index (χ2v) is 5.92. The average Bonchev–Trinajstić information content (AvgIpc) is 2.95. The Balaban J connectivity index is 2.24. The van der Waals surface area contributed by atoms with E-state index in [9.17, 15) is 4.79 Å². The summed E-state index contributed by atoms with van der Waals surface area (Å²) in [6, 6.07) is 4.33. The highest BCUT2D eigenvalue weighted by atomic mass is 35.5. The molecule has 0 N–H and O–H groups in total. The molecule has 2 aromatic heterocycles. The summed E-state index contributed by atoms with van der Waals surface area (Å²) in [5.74, 6) is 0. The summed E-state index contributed by atoms with van der Waals surface area (Å²) in [6.07, 6.45) is 0.743. The Kier molecular flexibility index (Phi) is 3.81. The number of anilines is 1. The van der Waals surface area contributed by atoms with E-state index in [2.05, 4.69) is 18.0 Å². The van der Waals surface area contributed by atoms with Gasteiger partial charge < -0.3 is 4.90 Å². The SMILES string of the molecule is CC(c1cccs1)N(C)c1nc(Cl)c(C=O)s1. The van der Waals surface area contributed by atoms with Crippen LogP contribution in [0.3, 0.4) is 0 Å². The Morgan fingerprint density at radius 3 is 2.88 bits per heavy atom. The number of nitrogens with zero attached hydrogens (tertiary/aromatic N) is 2. The zero-order valence-electron chi connectivity index (χ0n) is 9.38. The number of aromatic nitrogens is 1. The fourth-order valence-corrected chi connectivity index (χ4v) is 3.34. The molecule has 90 valence electrons. The molecule has 1 unspecified atom stereocenters. The minimum atomic E-state index is 0.219. The lowest BCUT2D eigenvalue weighted by Crippen LogP contribution is -2.20. The Bertz CT molecular complexity index is 510. The Labute approximate surface area is 113 Å². The first-order valence-electron chi connectivity index (χ1n) is 5.01. The molecule has 0 saturated carbocycles. The minimum absolute atomic E-state index is 0.219. The smallest absolute Gasteiger partial charge is 0.187 e. The van der Waals surface area contributed by atoms with Crippen LogP contribution in [0.4, 0.5) is 5.13 Å². The molecule has 2 rings (SSSR count). The van der Waals surface area contributed by atoms with Crippen molar-refractivity contribution in [3.8, 4) is 0 Å². The van der Waals surface area contributed by atoms with E-state index in [1.54, 1.807) is 11.3 Å². The van der Waals surface area contributed by atoms with Crippen molar-refractivity contribution in [2.75, 3.05) is 11.9 Å². The van der Waals surface area contributed by atoms with Gasteiger partial charge in [0.15, 0.2) is 16.6 Å². The van der Waals surface area contributed by atoms with Crippen molar-refractivity contribution < 1.29 is 4.79 Å². The third-order valence-electron chi connectivity index (χ3n) is 2.54. The number of aldehydes is 1. The van der Waals surface area contributed by atoms with Crippen LogP contribution in [0.5, 0.6) is 0 Å². The van der Waals surface area contributed by atoms with E-state index in [0.717, 1.165) is 11.4 Å². The molecule has 2 heterocycles. The van der Waals surface area contributed by atoms with Crippen LogP contribution < -0.4 is 4.90 Å². The van der Waals surface area contributed by atoms with E-state index >= 15 is 0 Å². The minimum Gasteiger partial charge on any atom is -0.344 e. The van der Waals surface area contributed by atoms with E-state index < -0.39 is 0 Å². The molecule has 0 fully saturated rings. The van der Waals surface area contributed by atoms with E-state index in [4.69, 9.17) is 11.6 Å². The van der Waals surface area contributed by atoms with Gasteiger partial charge in [-0.2, -0.15) is 0 Å². The molecule has 6 heteroatoms. The van der Waals surface area contributed by atoms with Gasteiger partial charge in [-0.3, -0.25) is 4.79 Å². The molecule has 0 amide bonds. The van der Waals surface area contributed by atoms with Gasteiger partial charge in [-0.05, 0) is 18.4 Å². The maximum absolute atomic E-state index is 10.7. The monoisotopic (exact) mass is 286 g/mol. The number of hydrogen-bond acceptors (Lipinski definition) is 5. The third kappa shape index (κ3) is 2.51. The molecule has 0 saturated heterocycles. The number of thiazole rings is 1. The van der Waals surface area contributed by atoms with E-state index in [-0.39, 0.29) is 11.2 Å². The van der Waals surface area contributed by atoms with Gasteiger partial charge in [0.05, 0.1) is 6.04 Å². The number of thiophene rings is 1. The molecule has 0 radical (unpaired) electrons. The first-order chi connectivity index (χ1) is 8.13. The Morgan fingerprint density at radius 2 is 2.35 bits per heavy atom. The quantitative estimate of drug-likeness (QED) is 0.800. The fraction of sp³-hybridized carbons (Fsp3) is 0.273. The highest BCUT2D eigenvalue weighted by molar-refractivity contribution is 7.17. The molecule has 0 aliphatic carbocycles. The van der Waals surface area contributed by atoms with Gasteiger partial charge in [0, 0.05) is 11.9 Å². The Hall–Kier alpha value is -0.910. The van der Waals surface area contributed by atoms with E-state index in [0.29, 0.717) is 4.88 Å². The summed E-state index contributed by atoms with van der Waals surface area (Å²) >= 11 is 8.88. The van der Waals surface area contributed by atoms with Gasteiger partial charge in [0.2, 0.25) is 0 Å². The zero-order chi connectivity index (χ0) is 12.4.